The molecule has 1 N–H and O–H groups in total. The first-order chi connectivity index (χ1) is 12.0. The monoisotopic (exact) mass is 373 g/mol. The Bertz CT molecular complexity index is 1010. The molecule has 7 heteroatoms. The minimum atomic E-state index is -0.166. The first kappa shape index (κ1) is 17.6. The third kappa shape index (κ3) is 3.57. The number of aromatic nitrogens is 2. The molecule has 0 saturated heterocycles. The average molecular weight is 374 g/mol. The quantitative estimate of drug-likeness (QED) is 0.693. The van der Waals surface area contributed by atoms with Crippen molar-refractivity contribution in [3.05, 3.63) is 61.8 Å². The van der Waals surface area contributed by atoms with Gasteiger partial charge in [-0.2, -0.15) is 0 Å². The van der Waals surface area contributed by atoms with E-state index >= 15 is 0 Å². The van der Waals surface area contributed by atoms with Crippen molar-refractivity contribution in [3.63, 3.8) is 0 Å². The molecule has 0 aliphatic heterocycles. The van der Waals surface area contributed by atoms with E-state index in [4.69, 9.17) is 12.2 Å². The summed E-state index contributed by atoms with van der Waals surface area (Å²) in [7, 11) is 1.79. The van der Waals surface area contributed by atoms with Gasteiger partial charge in [-0.3, -0.25) is 14.2 Å². The van der Waals surface area contributed by atoms with Crippen LogP contribution in [-0.2, 0) is 11.3 Å². The lowest BCUT2D eigenvalue weighted by atomic mass is 10.2. The summed E-state index contributed by atoms with van der Waals surface area (Å²) in [6.45, 7) is 2.26. The summed E-state index contributed by atoms with van der Waals surface area (Å²) in [4.78, 5) is 31.0. The number of aromatic amines is 1. The summed E-state index contributed by atoms with van der Waals surface area (Å²) in [5.74, 6) is -0.0182. The maximum Gasteiger partial charge on any atom is 0.262 e. The Balaban J connectivity index is 1.77. The van der Waals surface area contributed by atoms with Crippen LogP contribution in [0, 0.1) is 4.77 Å². The van der Waals surface area contributed by atoms with Crippen molar-refractivity contribution in [2.75, 3.05) is 7.05 Å². The van der Waals surface area contributed by atoms with Crippen LogP contribution in [0.25, 0.3) is 10.9 Å². The fraction of sp³-hybridized carbons (Fsp3) is 0.278. The van der Waals surface area contributed by atoms with Crippen molar-refractivity contribution in [2.45, 2.75) is 25.9 Å². The summed E-state index contributed by atoms with van der Waals surface area (Å²) in [5.41, 5.74) is 0.546. The van der Waals surface area contributed by atoms with Crippen LogP contribution in [0.1, 0.15) is 24.3 Å². The lowest BCUT2D eigenvalue weighted by Crippen LogP contribution is -2.31. The Morgan fingerprint density at radius 3 is 2.80 bits per heavy atom. The molecule has 0 bridgehead atoms. The standard InChI is InChI=1S/C18H19N3O2S2/c1-12(15-8-5-11-25-15)20(2)16(22)9-10-21-17(23)13-6-3-4-7-14(13)19-18(21)24/h3-8,11-12H,9-10H2,1-2H3,(H,19,24). The highest BCUT2D eigenvalue weighted by molar-refractivity contribution is 7.71. The first-order valence-electron chi connectivity index (χ1n) is 8.00. The van der Waals surface area contributed by atoms with Gasteiger partial charge in [0.15, 0.2) is 4.77 Å². The highest BCUT2D eigenvalue weighted by atomic mass is 32.1. The predicted octanol–water partition coefficient (Wildman–Crippen LogP) is 3.73. The number of para-hydroxylation sites is 1. The number of nitrogens with zero attached hydrogens (tertiary/aromatic N) is 2. The van der Waals surface area contributed by atoms with Gasteiger partial charge in [0.05, 0.1) is 16.9 Å². The zero-order valence-corrected chi connectivity index (χ0v) is 15.7. The number of hydrogen-bond donors (Lipinski definition) is 1. The van der Waals surface area contributed by atoms with Gasteiger partial charge in [-0.15, -0.1) is 11.3 Å². The van der Waals surface area contributed by atoms with Gasteiger partial charge in [-0.1, -0.05) is 18.2 Å². The molecule has 0 aliphatic carbocycles. The van der Waals surface area contributed by atoms with Crippen LogP contribution in [0.2, 0.25) is 0 Å². The van der Waals surface area contributed by atoms with Crippen molar-refractivity contribution in [2.24, 2.45) is 0 Å². The highest BCUT2D eigenvalue weighted by Crippen LogP contribution is 2.23. The summed E-state index contributed by atoms with van der Waals surface area (Å²) >= 11 is 6.91. The van der Waals surface area contributed by atoms with Crippen LogP contribution in [0.5, 0.6) is 0 Å². The molecule has 25 heavy (non-hydrogen) atoms. The van der Waals surface area contributed by atoms with E-state index in [1.807, 2.05) is 42.6 Å². The van der Waals surface area contributed by atoms with Crippen molar-refractivity contribution in [1.29, 1.82) is 0 Å². The van der Waals surface area contributed by atoms with E-state index in [0.717, 1.165) is 4.88 Å². The number of rotatable bonds is 5. The second-order valence-corrected chi connectivity index (χ2v) is 7.24. The fourth-order valence-electron chi connectivity index (χ4n) is 2.72. The zero-order chi connectivity index (χ0) is 18.0. The van der Waals surface area contributed by atoms with Gasteiger partial charge >= 0.3 is 0 Å². The van der Waals surface area contributed by atoms with E-state index in [-0.39, 0.29) is 30.5 Å². The van der Waals surface area contributed by atoms with Crippen LogP contribution < -0.4 is 5.56 Å². The third-order valence-electron chi connectivity index (χ3n) is 4.37. The van der Waals surface area contributed by atoms with Crippen molar-refractivity contribution >= 4 is 40.4 Å². The summed E-state index contributed by atoms with van der Waals surface area (Å²) in [6.07, 6.45) is 0.224. The van der Waals surface area contributed by atoms with Crippen LogP contribution >= 0.6 is 23.6 Å². The van der Waals surface area contributed by atoms with Crippen LogP contribution in [0.3, 0.4) is 0 Å². The molecule has 0 fully saturated rings. The van der Waals surface area contributed by atoms with E-state index in [1.165, 1.54) is 4.57 Å². The predicted molar refractivity (Wildman–Crippen MR) is 104 cm³/mol. The van der Waals surface area contributed by atoms with Gasteiger partial charge in [0, 0.05) is 24.9 Å². The maximum absolute atomic E-state index is 12.6. The van der Waals surface area contributed by atoms with Crippen LogP contribution in [0.4, 0.5) is 0 Å². The molecule has 0 spiro atoms. The number of thiophene rings is 1. The SMILES string of the molecule is CC(c1cccs1)N(C)C(=O)CCn1c(=S)[nH]c2ccccc2c1=O. The maximum atomic E-state index is 12.6. The molecule has 2 heterocycles. The smallest absolute Gasteiger partial charge is 0.262 e. The van der Waals surface area contributed by atoms with E-state index in [1.54, 1.807) is 29.4 Å². The topological polar surface area (TPSA) is 58.1 Å². The molecular weight excluding hydrogens is 354 g/mol. The number of amides is 1. The third-order valence-corrected chi connectivity index (χ3v) is 5.73. The van der Waals surface area contributed by atoms with E-state index in [0.29, 0.717) is 15.7 Å². The van der Waals surface area contributed by atoms with Gasteiger partial charge in [0.1, 0.15) is 0 Å². The molecule has 0 radical (unpaired) electrons. The van der Waals surface area contributed by atoms with Gasteiger partial charge in [-0.05, 0) is 42.7 Å². The number of carbonyl (C=O) groups is 1. The fourth-order valence-corrected chi connectivity index (χ4v) is 3.83. The molecule has 1 unspecified atom stereocenters. The molecular formula is C18H19N3O2S2. The number of fused-ring (bicyclic) bond motifs is 1. The molecule has 0 aliphatic rings. The number of hydrogen-bond acceptors (Lipinski definition) is 4. The van der Waals surface area contributed by atoms with E-state index in [9.17, 15) is 9.59 Å². The van der Waals surface area contributed by atoms with Crippen LogP contribution in [-0.4, -0.2) is 27.4 Å². The van der Waals surface area contributed by atoms with Crippen LogP contribution in [0.15, 0.2) is 46.6 Å². The van der Waals surface area contributed by atoms with Crippen molar-refractivity contribution in [1.82, 2.24) is 14.5 Å². The Labute approximate surface area is 154 Å². The van der Waals surface area contributed by atoms with Crippen molar-refractivity contribution < 1.29 is 4.79 Å². The van der Waals surface area contributed by atoms with Gasteiger partial charge in [0.25, 0.3) is 5.56 Å². The normalized spacial score (nSPS) is 12.2. The molecule has 3 rings (SSSR count). The van der Waals surface area contributed by atoms with Gasteiger partial charge in [0.2, 0.25) is 5.91 Å². The molecule has 0 saturated carbocycles. The largest absolute Gasteiger partial charge is 0.338 e. The first-order valence-corrected chi connectivity index (χ1v) is 9.28. The zero-order valence-electron chi connectivity index (χ0n) is 14.1. The lowest BCUT2D eigenvalue weighted by Gasteiger charge is -2.24. The molecule has 130 valence electrons. The molecule has 5 nitrogen and oxygen atoms in total. The Morgan fingerprint density at radius 2 is 2.08 bits per heavy atom. The number of carbonyl (C=O) groups excluding carboxylic acids is 1. The Morgan fingerprint density at radius 1 is 1.32 bits per heavy atom. The average Bonchev–Trinajstić information content (AvgIpc) is 3.14. The second-order valence-electron chi connectivity index (χ2n) is 5.88. The summed E-state index contributed by atoms with van der Waals surface area (Å²) < 4.78 is 1.80. The van der Waals surface area contributed by atoms with Gasteiger partial charge in [-0.25, -0.2) is 0 Å². The van der Waals surface area contributed by atoms with E-state index in [2.05, 4.69) is 4.98 Å². The summed E-state index contributed by atoms with van der Waals surface area (Å²) in [5, 5.41) is 2.57. The minimum absolute atomic E-state index is 0.00959. The second kappa shape index (κ2) is 7.33. The minimum Gasteiger partial charge on any atom is -0.338 e. The highest BCUT2D eigenvalue weighted by Gasteiger charge is 2.18. The Hall–Kier alpha value is -2.25. The number of nitrogens with one attached hydrogen (secondary N) is 1. The number of benzene rings is 1. The van der Waals surface area contributed by atoms with Crippen molar-refractivity contribution in [3.8, 4) is 0 Å². The molecule has 1 aromatic carbocycles. The van der Waals surface area contributed by atoms with Gasteiger partial charge < -0.3 is 9.88 Å². The number of H-pyrrole nitrogens is 1. The summed E-state index contributed by atoms with van der Waals surface area (Å²) in [6, 6.07) is 11.2. The molecule has 2 aromatic heterocycles. The van der Waals surface area contributed by atoms with E-state index < -0.39 is 0 Å². The molecule has 1 amide bonds. The molecule has 3 aromatic rings. The Kier molecular flexibility index (Phi) is 5.15. The lowest BCUT2D eigenvalue weighted by molar-refractivity contribution is -0.132. The molecule has 1 atom stereocenters.